The number of carbonyl (C=O) groups is 5. The van der Waals surface area contributed by atoms with Gasteiger partial charge in [-0.15, -0.1) is 0 Å². The Balaban J connectivity index is 2.07. The van der Waals surface area contributed by atoms with Gasteiger partial charge >= 0.3 is 29.8 Å². The maximum Gasteiger partial charge on any atom is 0.341 e. The second kappa shape index (κ2) is 12.4. The fraction of sp³-hybridized carbons (Fsp3) is 0.719. The van der Waals surface area contributed by atoms with Crippen LogP contribution in [0.2, 0.25) is 0 Å². The highest BCUT2D eigenvalue weighted by Gasteiger charge is 2.86. The lowest BCUT2D eigenvalue weighted by Gasteiger charge is -2.65. The molecule has 2 bridgehead atoms. The highest BCUT2D eigenvalue weighted by atomic mass is 16.6. The van der Waals surface area contributed by atoms with E-state index in [2.05, 4.69) is 0 Å². The molecular formula is C32H44O13. The summed E-state index contributed by atoms with van der Waals surface area (Å²) in [5, 5.41) is 12.5. The van der Waals surface area contributed by atoms with Crippen molar-refractivity contribution in [2.45, 2.75) is 122 Å². The van der Waals surface area contributed by atoms with Crippen LogP contribution < -0.4 is 0 Å². The first-order chi connectivity index (χ1) is 21.0. The van der Waals surface area contributed by atoms with E-state index in [-0.39, 0.29) is 24.8 Å². The van der Waals surface area contributed by atoms with Gasteiger partial charge in [0.1, 0.15) is 36.6 Å². The molecule has 0 amide bonds. The monoisotopic (exact) mass is 636 g/mol. The molecule has 2 aliphatic carbocycles. The van der Waals surface area contributed by atoms with Crippen LogP contribution in [0.3, 0.4) is 0 Å². The Morgan fingerprint density at radius 2 is 1.69 bits per heavy atom. The number of hydrogen-bond acceptors (Lipinski definition) is 13. The van der Waals surface area contributed by atoms with Gasteiger partial charge in [0.15, 0.2) is 11.7 Å². The summed E-state index contributed by atoms with van der Waals surface area (Å²) in [4.78, 5) is 65.1. The van der Waals surface area contributed by atoms with Crippen LogP contribution in [0, 0.1) is 17.3 Å². The zero-order valence-corrected chi connectivity index (χ0v) is 27.1. The minimum atomic E-state index is -2.01. The van der Waals surface area contributed by atoms with Gasteiger partial charge in [0.05, 0.1) is 28.9 Å². The Bertz CT molecular complexity index is 1300. The Labute approximate surface area is 262 Å². The smallest absolute Gasteiger partial charge is 0.341 e. The molecule has 1 aliphatic heterocycles. The third kappa shape index (κ3) is 5.73. The second-order valence-corrected chi connectivity index (χ2v) is 13.1. The van der Waals surface area contributed by atoms with Gasteiger partial charge in [0.2, 0.25) is 0 Å². The van der Waals surface area contributed by atoms with E-state index in [1.807, 2.05) is 0 Å². The third-order valence-electron chi connectivity index (χ3n) is 9.70. The Kier molecular flexibility index (Phi) is 9.48. The molecule has 13 heteroatoms. The zero-order chi connectivity index (χ0) is 33.5. The van der Waals surface area contributed by atoms with Gasteiger partial charge in [-0.2, -0.15) is 0 Å². The fourth-order valence-corrected chi connectivity index (χ4v) is 7.46. The number of ether oxygens (including phenoxy) is 6. The molecule has 1 N–H and O–H groups in total. The highest BCUT2D eigenvalue weighted by Crippen LogP contribution is 2.69. The van der Waals surface area contributed by atoms with E-state index < -0.39 is 94.9 Å². The molecular weight excluding hydrogens is 592 g/mol. The molecule has 2 saturated carbocycles. The Morgan fingerprint density at radius 3 is 2.24 bits per heavy atom. The van der Waals surface area contributed by atoms with Crippen LogP contribution in [-0.4, -0.2) is 82.8 Å². The number of hydrogen-bond donors (Lipinski definition) is 1. The molecule has 1 spiro atoms. The van der Waals surface area contributed by atoms with Gasteiger partial charge in [-0.05, 0) is 39.7 Å². The van der Waals surface area contributed by atoms with Gasteiger partial charge in [0.25, 0.3) is 0 Å². The summed E-state index contributed by atoms with van der Waals surface area (Å²) in [7, 11) is 0. The topological polar surface area (TPSA) is 174 Å². The van der Waals surface area contributed by atoms with E-state index in [0.717, 1.165) is 0 Å². The lowest BCUT2D eigenvalue weighted by atomic mass is 9.46. The van der Waals surface area contributed by atoms with Crippen molar-refractivity contribution in [3.63, 3.8) is 0 Å². The lowest BCUT2D eigenvalue weighted by molar-refractivity contribution is -0.356. The molecule has 3 fully saturated rings. The number of carbonyl (C=O) groups excluding carboxylic acids is 5. The van der Waals surface area contributed by atoms with E-state index in [9.17, 15) is 29.1 Å². The van der Waals surface area contributed by atoms with Crippen LogP contribution in [0.25, 0.3) is 0 Å². The van der Waals surface area contributed by atoms with Crippen molar-refractivity contribution in [3.05, 3.63) is 24.2 Å². The van der Waals surface area contributed by atoms with Crippen molar-refractivity contribution in [2.75, 3.05) is 6.61 Å². The van der Waals surface area contributed by atoms with Crippen LogP contribution in [0.4, 0.5) is 0 Å². The Morgan fingerprint density at radius 1 is 1.00 bits per heavy atom. The van der Waals surface area contributed by atoms with Crippen molar-refractivity contribution in [1.82, 2.24) is 0 Å². The minimum absolute atomic E-state index is 0.0283. The van der Waals surface area contributed by atoms with E-state index in [4.69, 9.17) is 32.8 Å². The first-order valence-corrected chi connectivity index (χ1v) is 15.3. The highest BCUT2D eigenvalue weighted by molar-refractivity contribution is 5.89. The van der Waals surface area contributed by atoms with Gasteiger partial charge < -0.3 is 37.9 Å². The summed E-state index contributed by atoms with van der Waals surface area (Å²) in [5.74, 6) is -4.79. The lowest BCUT2D eigenvalue weighted by Crippen LogP contribution is -2.83. The molecule has 13 nitrogen and oxygen atoms in total. The van der Waals surface area contributed by atoms with Crippen molar-refractivity contribution < 1.29 is 61.9 Å². The van der Waals surface area contributed by atoms with E-state index in [1.54, 1.807) is 34.6 Å². The van der Waals surface area contributed by atoms with Gasteiger partial charge in [-0.1, -0.05) is 20.8 Å². The van der Waals surface area contributed by atoms with Crippen molar-refractivity contribution in [3.8, 4) is 0 Å². The SMILES string of the molecule is CCC(=O)OC1CC(C)(O)C23OC(C)(C)C(CC(OC(=O)c4ccoc4)C2(COC(C)=O)C1OC(=O)C(C)CC)C3OC(C)=O. The van der Waals surface area contributed by atoms with Crippen molar-refractivity contribution in [1.29, 1.82) is 0 Å². The van der Waals surface area contributed by atoms with Crippen LogP contribution in [0.1, 0.15) is 91.4 Å². The molecule has 3 aliphatic rings. The van der Waals surface area contributed by atoms with Gasteiger partial charge in [-0.25, -0.2) is 4.79 Å². The Hall–Kier alpha value is -3.45. The summed E-state index contributed by atoms with van der Waals surface area (Å²) in [6.07, 6.45) is -2.76. The minimum Gasteiger partial charge on any atom is -0.472 e. The molecule has 1 aromatic rings. The van der Waals surface area contributed by atoms with Crippen molar-refractivity contribution in [2.24, 2.45) is 17.3 Å². The molecule has 0 radical (unpaired) electrons. The number of fused-ring (bicyclic) bond motifs is 1. The van der Waals surface area contributed by atoms with Crippen LogP contribution in [0.15, 0.2) is 23.0 Å². The largest absolute Gasteiger partial charge is 0.472 e. The molecule has 0 aromatic carbocycles. The zero-order valence-electron chi connectivity index (χ0n) is 27.1. The molecule has 9 unspecified atom stereocenters. The molecule has 1 aromatic heterocycles. The van der Waals surface area contributed by atoms with Crippen LogP contribution in [-0.2, 0) is 47.6 Å². The van der Waals surface area contributed by atoms with Crippen LogP contribution >= 0.6 is 0 Å². The summed E-state index contributed by atoms with van der Waals surface area (Å²) in [5.41, 5.74) is -7.01. The predicted molar refractivity (Wildman–Crippen MR) is 153 cm³/mol. The molecule has 4 rings (SSSR count). The average Bonchev–Trinajstić information content (AvgIpc) is 3.55. The number of esters is 5. The van der Waals surface area contributed by atoms with E-state index in [0.29, 0.717) is 6.42 Å². The summed E-state index contributed by atoms with van der Waals surface area (Å²) in [6, 6.07) is 1.40. The van der Waals surface area contributed by atoms with Crippen molar-refractivity contribution >= 4 is 29.8 Å². The second-order valence-electron chi connectivity index (χ2n) is 13.1. The molecule has 2 heterocycles. The first-order valence-electron chi connectivity index (χ1n) is 15.3. The van der Waals surface area contributed by atoms with E-state index >= 15 is 0 Å². The number of furan rings is 1. The average molecular weight is 637 g/mol. The van der Waals surface area contributed by atoms with Gasteiger partial charge in [-0.3, -0.25) is 19.2 Å². The maximum atomic E-state index is 13.6. The fourth-order valence-electron chi connectivity index (χ4n) is 7.46. The summed E-state index contributed by atoms with van der Waals surface area (Å²) < 4.78 is 41.8. The predicted octanol–water partition coefficient (Wildman–Crippen LogP) is 3.29. The standard InChI is InChI=1S/C32H44O13/c1-9-17(3)27(36)44-26-22(42-24(35)10-2)14-30(8,38)32-25(41-19(5)34)21(29(6,7)45-32)13-23(31(26,32)16-40-18(4)33)43-28(37)20-11-12-39-15-20/h11-12,15,17,21-23,25-26,38H,9-10,13-14,16H2,1-8H3. The first kappa shape index (κ1) is 34.4. The van der Waals surface area contributed by atoms with Gasteiger partial charge in [0, 0.05) is 32.6 Å². The normalized spacial score (nSPS) is 35.4. The molecule has 9 atom stereocenters. The third-order valence-corrected chi connectivity index (χ3v) is 9.70. The summed E-state index contributed by atoms with van der Waals surface area (Å²) in [6.45, 7) is 11.7. The number of rotatable bonds is 10. The summed E-state index contributed by atoms with van der Waals surface area (Å²) >= 11 is 0. The quantitative estimate of drug-likeness (QED) is 0.293. The maximum absolute atomic E-state index is 13.6. The molecule has 250 valence electrons. The molecule has 45 heavy (non-hydrogen) atoms. The van der Waals surface area contributed by atoms with Crippen LogP contribution in [0.5, 0.6) is 0 Å². The number of aliphatic hydroxyl groups is 1. The van der Waals surface area contributed by atoms with E-state index in [1.165, 1.54) is 39.4 Å². The molecule has 1 saturated heterocycles.